The molecule has 0 atom stereocenters. The van der Waals surface area contributed by atoms with Gasteiger partial charge in [0.2, 0.25) is 0 Å². The van der Waals surface area contributed by atoms with E-state index >= 15 is 0 Å². The molecule has 100 valence electrons. The van der Waals surface area contributed by atoms with E-state index in [1.165, 1.54) is 0 Å². The Bertz CT molecular complexity index is 748. The van der Waals surface area contributed by atoms with E-state index in [1.807, 2.05) is 59.1 Å². The van der Waals surface area contributed by atoms with Crippen LogP contribution in [0.25, 0.3) is 16.9 Å². The van der Waals surface area contributed by atoms with Crippen LogP contribution in [0.5, 0.6) is 0 Å². The first kappa shape index (κ1) is 12.4. The number of aryl methyl sites for hydroxylation is 1. The fraction of sp³-hybridized carbons (Fsp3) is 0.125. The molecule has 0 amide bonds. The number of pyridine rings is 1. The lowest BCUT2D eigenvalue weighted by atomic mass is 10.2. The minimum absolute atomic E-state index is 0.0931. The summed E-state index contributed by atoms with van der Waals surface area (Å²) in [5.74, 6) is 0.0462. The lowest BCUT2D eigenvalue weighted by Crippen LogP contribution is -1.98. The first-order valence-corrected chi connectivity index (χ1v) is 6.49. The van der Waals surface area contributed by atoms with E-state index in [2.05, 4.69) is 4.98 Å². The molecule has 0 saturated carbocycles. The summed E-state index contributed by atoms with van der Waals surface area (Å²) < 4.78 is 2.01. The summed E-state index contributed by atoms with van der Waals surface area (Å²) in [5, 5.41) is 8.84. The molecule has 0 bridgehead atoms. The summed E-state index contributed by atoms with van der Waals surface area (Å²) in [5.41, 5.74) is 2.81. The van der Waals surface area contributed by atoms with Crippen LogP contribution in [0.2, 0.25) is 0 Å². The van der Waals surface area contributed by atoms with Crippen LogP contribution in [0.3, 0.4) is 0 Å². The van der Waals surface area contributed by atoms with Crippen molar-refractivity contribution in [2.45, 2.75) is 12.8 Å². The molecule has 4 heteroatoms. The Hall–Kier alpha value is -2.62. The number of carboxylic acid groups (broad SMARTS) is 1. The summed E-state index contributed by atoms with van der Waals surface area (Å²) in [4.78, 5) is 15.4. The number of fused-ring (bicyclic) bond motifs is 1. The van der Waals surface area contributed by atoms with Crippen LogP contribution in [-0.2, 0) is 11.2 Å². The maximum Gasteiger partial charge on any atom is 0.303 e. The average Bonchev–Trinajstić information content (AvgIpc) is 2.85. The number of rotatable bonds is 4. The van der Waals surface area contributed by atoms with Gasteiger partial charge in [-0.05, 0) is 12.1 Å². The van der Waals surface area contributed by atoms with Crippen molar-refractivity contribution in [3.8, 4) is 11.4 Å². The van der Waals surface area contributed by atoms with Gasteiger partial charge in [-0.2, -0.15) is 0 Å². The zero-order valence-corrected chi connectivity index (χ0v) is 10.9. The largest absolute Gasteiger partial charge is 0.481 e. The molecule has 2 aromatic heterocycles. The molecule has 0 radical (unpaired) electrons. The minimum Gasteiger partial charge on any atom is -0.481 e. The molecule has 3 rings (SSSR count). The number of aromatic nitrogens is 2. The molecule has 0 aliphatic rings. The third-order valence-electron chi connectivity index (χ3n) is 3.23. The normalized spacial score (nSPS) is 10.8. The lowest BCUT2D eigenvalue weighted by Gasteiger charge is -2.00. The molecule has 0 aliphatic heterocycles. The SMILES string of the molecule is O=C(O)CCc1nc(-c2ccccc2)n2ccccc12. The van der Waals surface area contributed by atoms with E-state index in [4.69, 9.17) is 5.11 Å². The molecule has 4 nitrogen and oxygen atoms in total. The number of carboxylic acids is 1. The van der Waals surface area contributed by atoms with Gasteiger partial charge in [-0.25, -0.2) is 4.98 Å². The van der Waals surface area contributed by atoms with Crippen molar-refractivity contribution in [1.29, 1.82) is 0 Å². The standard InChI is InChI=1S/C16H14N2O2/c19-15(20)10-9-13-14-8-4-5-11-18(14)16(17-13)12-6-2-1-3-7-12/h1-8,11H,9-10H2,(H,19,20). The fourth-order valence-corrected chi connectivity index (χ4v) is 2.30. The minimum atomic E-state index is -0.802. The number of nitrogens with zero attached hydrogens (tertiary/aromatic N) is 2. The molecule has 3 aromatic rings. The van der Waals surface area contributed by atoms with Gasteiger partial charge >= 0.3 is 5.97 Å². The predicted molar refractivity (Wildman–Crippen MR) is 76.6 cm³/mol. The second-order valence-electron chi connectivity index (χ2n) is 4.60. The maximum absolute atomic E-state index is 10.8. The Balaban J connectivity index is 2.11. The maximum atomic E-state index is 10.8. The second-order valence-corrected chi connectivity index (χ2v) is 4.60. The van der Waals surface area contributed by atoms with Crippen LogP contribution >= 0.6 is 0 Å². The van der Waals surface area contributed by atoms with Crippen molar-refractivity contribution in [3.63, 3.8) is 0 Å². The predicted octanol–water partition coefficient (Wildman–Crippen LogP) is 3.02. The van der Waals surface area contributed by atoms with Crippen LogP contribution in [0.1, 0.15) is 12.1 Å². The number of carbonyl (C=O) groups is 1. The molecular formula is C16H14N2O2. The van der Waals surface area contributed by atoms with Gasteiger partial charge in [0.05, 0.1) is 17.6 Å². The van der Waals surface area contributed by atoms with Crippen LogP contribution in [0.15, 0.2) is 54.7 Å². The Morgan fingerprint density at radius 1 is 1.10 bits per heavy atom. The van der Waals surface area contributed by atoms with E-state index in [1.54, 1.807) is 0 Å². The number of aliphatic carboxylic acids is 1. The molecule has 0 unspecified atom stereocenters. The fourth-order valence-electron chi connectivity index (χ4n) is 2.30. The highest BCUT2D eigenvalue weighted by Gasteiger charge is 2.12. The number of hydrogen-bond donors (Lipinski definition) is 1. The summed E-state index contributed by atoms with van der Waals surface area (Å²) in [6.07, 6.45) is 2.49. The van der Waals surface area contributed by atoms with Gasteiger partial charge in [0.25, 0.3) is 0 Å². The molecule has 1 N–H and O–H groups in total. The highest BCUT2D eigenvalue weighted by molar-refractivity contribution is 5.69. The van der Waals surface area contributed by atoms with Gasteiger partial charge in [0.15, 0.2) is 0 Å². The van der Waals surface area contributed by atoms with E-state index in [0.29, 0.717) is 6.42 Å². The van der Waals surface area contributed by atoms with Gasteiger partial charge in [0.1, 0.15) is 5.82 Å². The number of benzene rings is 1. The van der Waals surface area contributed by atoms with Crippen molar-refractivity contribution >= 4 is 11.5 Å². The second kappa shape index (κ2) is 5.17. The smallest absolute Gasteiger partial charge is 0.303 e. The monoisotopic (exact) mass is 266 g/mol. The zero-order chi connectivity index (χ0) is 13.9. The Kier molecular flexibility index (Phi) is 3.21. The molecule has 0 fully saturated rings. The Labute approximate surface area is 116 Å². The molecule has 0 aliphatic carbocycles. The number of hydrogen-bond acceptors (Lipinski definition) is 2. The van der Waals surface area contributed by atoms with Crippen LogP contribution in [-0.4, -0.2) is 20.5 Å². The molecule has 0 saturated heterocycles. The lowest BCUT2D eigenvalue weighted by molar-refractivity contribution is -0.136. The van der Waals surface area contributed by atoms with Crippen molar-refractivity contribution < 1.29 is 9.90 Å². The molecule has 1 aromatic carbocycles. The summed E-state index contributed by atoms with van der Waals surface area (Å²) in [7, 11) is 0. The highest BCUT2D eigenvalue weighted by Crippen LogP contribution is 2.23. The van der Waals surface area contributed by atoms with Gasteiger partial charge in [-0.15, -0.1) is 0 Å². The number of imidazole rings is 1. The van der Waals surface area contributed by atoms with E-state index in [9.17, 15) is 4.79 Å². The van der Waals surface area contributed by atoms with Crippen LogP contribution < -0.4 is 0 Å². The van der Waals surface area contributed by atoms with E-state index in [-0.39, 0.29) is 6.42 Å². The summed E-state index contributed by atoms with van der Waals surface area (Å²) in [6, 6.07) is 15.8. The van der Waals surface area contributed by atoms with Gasteiger partial charge in [-0.3, -0.25) is 9.20 Å². The first-order chi connectivity index (χ1) is 9.75. The first-order valence-electron chi connectivity index (χ1n) is 6.49. The molecule has 2 heterocycles. The van der Waals surface area contributed by atoms with Crippen molar-refractivity contribution in [2.75, 3.05) is 0 Å². The van der Waals surface area contributed by atoms with Crippen molar-refractivity contribution in [2.24, 2.45) is 0 Å². The quantitative estimate of drug-likeness (QED) is 0.789. The van der Waals surface area contributed by atoms with Crippen molar-refractivity contribution in [3.05, 3.63) is 60.4 Å². The van der Waals surface area contributed by atoms with Crippen LogP contribution in [0, 0.1) is 0 Å². The Morgan fingerprint density at radius 3 is 2.60 bits per heavy atom. The molecule has 20 heavy (non-hydrogen) atoms. The Morgan fingerprint density at radius 2 is 1.85 bits per heavy atom. The topological polar surface area (TPSA) is 54.6 Å². The van der Waals surface area contributed by atoms with E-state index in [0.717, 1.165) is 22.6 Å². The summed E-state index contributed by atoms with van der Waals surface area (Å²) in [6.45, 7) is 0. The molecule has 0 spiro atoms. The van der Waals surface area contributed by atoms with E-state index < -0.39 is 5.97 Å². The van der Waals surface area contributed by atoms with Gasteiger partial charge in [0, 0.05) is 18.2 Å². The third-order valence-corrected chi connectivity index (χ3v) is 3.23. The van der Waals surface area contributed by atoms with Gasteiger partial charge in [-0.1, -0.05) is 36.4 Å². The summed E-state index contributed by atoms with van der Waals surface area (Å²) >= 11 is 0. The highest BCUT2D eigenvalue weighted by atomic mass is 16.4. The molecular weight excluding hydrogens is 252 g/mol. The average molecular weight is 266 g/mol. The van der Waals surface area contributed by atoms with Gasteiger partial charge < -0.3 is 5.11 Å². The zero-order valence-electron chi connectivity index (χ0n) is 10.9. The van der Waals surface area contributed by atoms with Crippen molar-refractivity contribution in [1.82, 2.24) is 9.38 Å². The van der Waals surface area contributed by atoms with Crippen LogP contribution in [0.4, 0.5) is 0 Å². The third kappa shape index (κ3) is 2.28.